The van der Waals surface area contributed by atoms with E-state index in [9.17, 15) is 19.2 Å². The molecule has 9 heteroatoms. The molecule has 0 atom stereocenters. The van der Waals surface area contributed by atoms with Gasteiger partial charge in [0, 0.05) is 22.8 Å². The molecule has 2 aromatic rings. The van der Waals surface area contributed by atoms with E-state index in [4.69, 9.17) is 21.1 Å². The number of amides is 2. The third-order valence-electron chi connectivity index (χ3n) is 3.98. The second kappa shape index (κ2) is 12.5. The minimum atomic E-state index is -0.676. The molecule has 2 aromatic carbocycles. The molecule has 0 heterocycles. The molecule has 0 saturated carbocycles. The summed E-state index contributed by atoms with van der Waals surface area (Å²) >= 11 is 5.83. The lowest BCUT2D eigenvalue weighted by atomic mass is 10.2. The predicted molar refractivity (Wildman–Crippen MR) is 120 cm³/mol. The molecule has 32 heavy (non-hydrogen) atoms. The van der Waals surface area contributed by atoms with Crippen LogP contribution in [0.2, 0.25) is 5.02 Å². The molecule has 2 amide bonds. The Labute approximate surface area is 191 Å². The normalized spacial score (nSPS) is 10.4. The van der Waals surface area contributed by atoms with Gasteiger partial charge >= 0.3 is 11.9 Å². The number of halogens is 1. The molecule has 8 nitrogen and oxygen atoms in total. The number of hydrogen-bond donors (Lipinski definition) is 2. The Balaban J connectivity index is 1.69. The largest absolute Gasteiger partial charge is 0.462 e. The second-order valence-corrected chi connectivity index (χ2v) is 7.77. The lowest BCUT2D eigenvalue weighted by Crippen LogP contribution is -2.21. The zero-order chi connectivity index (χ0) is 23.5. The maximum atomic E-state index is 12.0. The highest BCUT2D eigenvalue weighted by Crippen LogP contribution is 2.15. The maximum absolute atomic E-state index is 12.0. The number of benzene rings is 2. The SMILES string of the molecule is CC(C)COC(=O)c1ccc(NC(=O)CCC(=O)OCC(=O)Nc2cccc(Cl)c2)cc1. The van der Waals surface area contributed by atoms with Crippen molar-refractivity contribution in [2.24, 2.45) is 5.92 Å². The summed E-state index contributed by atoms with van der Waals surface area (Å²) < 4.78 is 10.0. The van der Waals surface area contributed by atoms with Crippen LogP contribution in [-0.2, 0) is 23.9 Å². The van der Waals surface area contributed by atoms with Gasteiger partial charge in [0.2, 0.25) is 5.91 Å². The van der Waals surface area contributed by atoms with Crippen LogP contribution >= 0.6 is 11.6 Å². The van der Waals surface area contributed by atoms with Crippen molar-refractivity contribution < 1.29 is 28.7 Å². The topological polar surface area (TPSA) is 111 Å². The summed E-state index contributed by atoms with van der Waals surface area (Å²) in [6.07, 6.45) is -0.303. The first kappa shape index (κ1) is 24.9. The monoisotopic (exact) mass is 460 g/mol. The molecule has 0 radical (unpaired) electrons. The summed E-state index contributed by atoms with van der Waals surface area (Å²) in [7, 11) is 0. The summed E-state index contributed by atoms with van der Waals surface area (Å²) in [5, 5.41) is 5.64. The van der Waals surface area contributed by atoms with Crippen LogP contribution in [-0.4, -0.2) is 37.0 Å². The Morgan fingerprint density at radius 3 is 2.22 bits per heavy atom. The van der Waals surface area contributed by atoms with E-state index in [-0.39, 0.29) is 18.8 Å². The number of esters is 2. The third-order valence-corrected chi connectivity index (χ3v) is 4.22. The number of hydrogen-bond acceptors (Lipinski definition) is 6. The predicted octanol–water partition coefficient (Wildman–Crippen LogP) is 4.05. The molecule has 0 aromatic heterocycles. The lowest BCUT2D eigenvalue weighted by molar-refractivity contribution is -0.147. The molecule has 0 unspecified atom stereocenters. The van der Waals surface area contributed by atoms with Crippen LogP contribution in [0, 0.1) is 5.92 Å². The average molecular weight is 461 g/mol. The Morgan fingerprint density at radius 1 is 0.875 bits per heavy atom. The quantitative estimate of drug-likeness (QED) is 0.517. The van der Waals surface area contributed by atoms with Gasteiger partial charge in [-0.25, -0.2) is 4.79 Å². The molecule has 0 aliphatic heterocycles. The van der Waals surface area contributed by atoms with E-state index in [0.717, 1.165) is 0 Å². The van der Waals surface area contributed by atoms with Crippen molar-refractivity contribution in [1.29, 1.82) is 0 Å². The van der Waals surface area contributed by atoms with Gasteiger partial charge in [-0.15, -0.1) is 0 Å². The van der Waals surface area contributed by atoms with Gasteiger partial charge in [-0.2, -0.15) is 0 Å². The molecular formula is C23H25ClN2O6. The molecular weight excluding hydrogens is 436 g/mol. The third kappa shape index (κ3) is 9.18. The fraction of sp³-hybridized carbons (Fsp3) is 0.304. The Kier molecular flexibility index (Phi) is 9.69. The van der Waals surface area contributed by atoms with Crippen LogP contribution < -0.4 is 10.6 Å². The Hall–Kier alpha value is -3.39. The van der Waals surface area contributed by atoms with E-state index < -0.39 is 30.4 Å². The highest BCUT2D eigenvalue weighted by atomic mass is 35.5. The first-order chi connectivity index (χ1) is 15.2. The highest BCUT2D eigenvalue weighted by Gasteiger charge is 2.12. The van der Waals surface area contributed by atoms with Gasteiger partial charge in [0.1, 0.15) is 0 Å². The molecule has 0 spiro atoms. The van der Waals surface area contributed by atoms with Crippen molar-refractivity contribution in [3.05, 3.63) is 59.1 Å². The summed E-state index contributed by atoms with van der Waals surface area (Å²) in [5.41, 5.74) is 1.34. The lowest BCUT2D eigenvalue weighted by Gasteiger charge is -2.09. The molecule has 0 saturated heterocycles. The van der Waals surface area contributed by atoms with E-state index in [2.05, 4.69) is 10.6 Å². The van der Waals surface area contributed by atoms with E-state index in [1.54, 1.807) is 48.5 Å². The summed E-state index contributed by atoms with van der Waals surface area (Å²) in [4.78, 5) is 47.5. The van der Waals surface area contributed by atoms with Gasteiger partial charge in [-0.05, 0) is 48.4 Å². The number of carbonyl (C=O) groups is 4. The Bertz CT molecular complexity index is 959. The van der Waals surface area contributed by atoms with Gasteiger partial charge in [0.15, 0.2) is 6.61 Å². The maximum Gasteiger partial charge on any atom is 0.338 e. The minimum absolute atomic E-state index is 0.118. The smallest absolute Gasteiger partial charge is 0.338 e. The van der Waals surface area contributed by atoms with Gasteiger partial charge in [-0.1, -0.05) is 31.5 Å². The molecule has 2 rings (SSSR count). The van der Waals surface area contributed by atoms with Crippen molar-refractivity contribution in [3.8, 4) is 0 Å². The van der Waals surface area contributed by atoms with Crippen LogP contribution in [0.15, 0.2) is 48.5 Å². The highest BCUT2D eigenvalue weighted by molar-refractivity contribution is 6.30. The first-order valence-electron chi connectivity index (χ1n) is 10.0. The number of carbonyl (C=O) groups excluding carboxylic acids is 4. The van der Waals surface area contributed by atoms with E-state index in [0.29, 0.717) is 28.6 Å². The van der Waals surface area contributed by atoms with E-state index in [1.807, 2.05) is 13.8 Å². The van der Waals surface area contributed by atoms with E-state index in [1.165, 1.54) is 0 Å². The van der Waals surface area contributed by atoms with E-state index >= 15 is 0 Å². The molecule has 0 bridgehead atoms. The molecule has 170 valence electrons. The second-order valence-electron chi connectivity index (χ2n) is 7.34. The number of ether oxygens (including phenoxy) is 2. The van der Waals surface area contributed by atoms with Crippen molar-refractivity contribution in [1.82, 2.24) is 0 Å². The molecule has 2 N–H and O–H groups in total. The van der Waals surface area contributed by atoms with Crippen LogP contribution in [0.5, 0.6) is 0 Å². The van der Waals surface area contributed by atoms with Crippen molar-refractivity contribution >= 4 is 46.7 Å². The van der Waals surface area contributed by atoms with Gasteiger partial charge in [-0.3, -0.25) is 14.4 Å². The number of rotatable bonds is 10. The molecule has 0 fully saturated rings. The fourth-order valence-electron chi connectivity index (χ4n) is 2.44. The Morgan fingerprint density at radius 2 is 1.56 bits per heavy atom. The van der Waals surface area contributed by atoms with Gasteiger partial charge < -0.3 is 20.1 Å². The molecule has 0 aliphatic rings. The summed E-state index contributed by atoms with van der Waals surface area (Å²) in [5.74, 6) is -1.79. The molecule has 0 aliphatic carbocycles. The standard InChI is InChI=1S/C23H25ClN2O6/c1-15(2)13-32-23(30)16-6-8-18(9-7-16)25-20(27)10-11-22(29)31-14-21(28)26-19-5-3-4-17(24)12-19/h3-9,12,15H,10-11,13-14H2,1-2H3,(H,25,27)(H,26,28). The fourth-order valence-corrected chi connectivity index (χ4v) is 2.63. The van der Waals surface area contributed by atoms with Crippen molar-refractivity contribution in [3.63, 3.8) is 0 Å². The van der Waals surface area contributed by atoms with Crippen LogP contribution in [0.25, 0.3) is 0 Å². The number of anilines is 2. The summed E-state index contributed by atoms with van der Waals surface area (Å²) in [6, 6.07) is 12.8. The first-order valence-corrected chi connectivity index (χ1v) is 10.4. The van der Waals surface area contributed by atoms with Gasteiger partial charge in [0.05, 0.1) is 18.6 Å². The van der Waals surface area contributed by atoms with Crippen molar-refractivity contribution in [2.75, 3.05) is 23.8 Å². The number of nitrogens with one attached hydrogen (secondary N) is 2. The zero-order valence-corrected chi connectivity index (χ0v) is 18.6. The van der Waals surface area contributed by atoms with Crippen LogP contribution in [0.1, 0.15) is 37.0 Å². The zero-order valence-electron chi connectivity index (χ0n) is 17.9. The van der Waals surface area contributed by atoms with Crippen LogP contribution in [0.3, 0.4) is 0 Å². The minimum Gasteiger partial charge on any atom is -0.462 e. The van der Waals surface area contributed by atoms with Gasteiger partial charge in [0.25, 0.3) is 5.91 Å². The summed E-state index contributed by atoms with van der Waals surface area (Å²) in [6.45, 7) is 3.74. The van der Waals surface area contributed by atoms with Crippen LogP contribution in [0.4, 0.5) is 11.4 Å². The van der Waals surface area contributed by atoms with Crippen molar-refractivity contribution in [2.45, 2.75) is 26.7 Å². The average Bonchev–Trinajstić information content (AvgIpc) is 2.75.